The first kappa shape index (κ1) is 16.5. The molecule has 122 valence electrons. The van der Waals surface area contributed by atoms with Crippen molar-refractivity contribution >= 4 is 17.9 Å². The van der Waals surface area contributed by atoms with Crippen LogP contribution in [0, 0.1) is 0 Å². The molecule has 0 fully saturated rings. The first-order valence-electron chi connectivity index (χ1n) is 8.02. The monoisotopic (exact) mass is 326 g/mol. The SMILES string of the molecule is C=Cc1ccc(Oc2ccc(/C=C/C(=O)c3ccccc3)cc2)cc1. The highest BCUT2D eigenvalue weighted by Crippen LogP contribution is 2.22. The van der Waals surface area contributed by atoms with Gasteiger partial charge in [0.2, 0.25) is 0 Å². The summed E-state index contributed by atoms with van der Waals surface area (Å²) in [7, 11) is 0. The van der Waals surface area contributed by atoms with Crippen LogP contribution in [-0.4, -0.2) is 5.78 Å². The molecule has 0 bridgehead atoms. The fourth-order valence-electron chi connectivity index (χ4n) is 2.33. The maximum Gasteiger partial charge on any atom is 0.185 e. The molecule has 0 saturated carbocycles. The molecule has 0 radical (unpaired) electrons. The van der Waals surface area contributed by atoms with Crippen LogP contribution < -0.4 is 4.74 Å². The van der Waals surface area contributed by atoms with Crippen molar-refractivity contribution in [3.05, 3.63) is 108 Å². The van der Waals surface area contributed by atoms with E-state index in [1.165, 1.54) is 0 Å². The summed E-state index contributed by atoms with van der Waals surface area (Å²) in [4.78, 5) is 12.1. The predicted octanol–water partition coefficient (Wildman–Crippen LogP) is 6.02. The minimum absolute atomic E-state index is 0.0109. The summed E-state index contributed by atoms with van der Waals surface area (Å²) in [5, 5.41) is 0. The van der Waals surface area contributed by atoms with Gasteiger partial charge in [-0.25, -0.2) is 0 Å². The summed E-state index contributed by atoms with van der Waals surface area (Å²) in [6, 6.07) is 24.5. The van der Waals surface area contributed by atoms with E-state index in [4.69, 9.17) is 4.74 Å². The highest BCUT2D eigenvalue weighted by molar-refractivity contribution is 6.06. The van der Waals surface area contributed by atoms with E-state index >= 15 is 0 Å². The van der Waals surface area contributed by atoms with Crippen LogP contribution in [0.1, 0.15) is 21.5 Å². The largest absolute Gasteiger partial charge is 0.457 e. The van der Waals surface area contributed by atoms with E-state index in [1.807, 2.05) is 66.7 Å². The zero-order chi connectivity index (χ0) is 17.5. The van der Waals surface area contributed by atoms with Crippen LogP contribution in [0.3, 0.4) is 0 Å². The normalized spacial score (nSPS) is 10.6. The number of hydrogen-bond acceptors (Lipinski definition) is 2. The summed E-state index contributed by atoms with van der Waals surface area (Å²) in [6.07, 6.45) is 5.18. The molecule has 0 saturated heterocycles. The maximum absolute atomic E-state index is 12.1. The van der Waals surface area contributed by atoms with Gasteiger partial charge in [0.05, 0.1) is 0 Å². The Labute approximate surface area is 147 Å². The molecule has 3 rings (SSSR count). The molecular formula is C23H18O2. The van der Waals surface area contributed by atoms with Crippen molar-refractivity contribution in [3.63, 3.8) is 0 Å². The second-order valence-corrected chi connectivity index (χ2v) is 5.51. The van der Waals surface area contributed by atoms with Crippen LogP contribution in [0.15, 0.2) is 91.5 Å². The van der Waals surface area contributed by atoms with E-state index < -0.39 is 0 Å². The van der Waals surface area contributed by atoms with E-state index in [-0.39, 0.29) is 5.78 Å². The topological polar surface area (TPSA) is 26.3 Å². The molecule has 0 aliphatic rings. The Kier molecular flexibility index (Phi) is 5.22. The van der Waals surface area contributed by atoms with Crippen LogP contribution in [-0.2, 0) is 0 Å². The van der Waals surface area contributed by atoms with Gasteiger partial charge in [-0.05, 0) is 41.5 Å². The Hall–Kier alpha value is -3.39. The standard InChI is InChI=1S/C23H18O2/c1-2-18-8-13-21(14-9-18)25-22-15-10-19(11-16-22)12-17-23(24)20-6-4-3-5-7-20/h2-17H,1H2/b17-12+. The average molecular weight is 326 g/mol. The number of allylic oxidation sites excluding steroid dienone is 1. The Bertz CT molecular complexity index is 874. The van der Waals surface area contributed by atoms with E-state index in [2.05, 4.69) is 6.58 Å². The Morgan fingerprint density at radius 2 is 1.32 bits per heavy atom. The minimum Gasteiger partial charge on any atom is -0.457 e. The summed E-state index contributed by atoms with van der Waals surface area (Å²) in [6.45, 7) is 3.73. The quantitative estimate of drug-likeness (QED) is 0.409. The first-order chi connectivity index (χ1) is 12.2. The van der Waals surface area contributed by atoms with E-state index in [0.29, 0.717) is 5.56 Å². The summed E-state index contributed by atoms with van der Waals surface area (Å²) in [5.41, 5.74) is 2.68. The van der Waals surface area contributed by atoms with E-state index in [9.17, 15) is 4.79 Å². The molecule has 25 heavy (non-hydrogen) atoms. The van der Waals surface area contributed by atoms with Gasteiger partial charge >= 0.3 is 0 Å². The van der Waals surface area contributed by atoms with Gasteiger partial charge in [0.15, 0.2) is 5.78 Å². The molecule has 0 aliphatic heterocycles. The lowest BCUT2D eigenvalue weighted by atomic mass is 10.1. The molecule has 0 unspecified atom stereocenters. The molecule has 0 amide bonds. The third kappa shape index (κ3) is 4.55. The van der Waals surface area contributed by atoms with Crippen molar-refractivity contribution in [2.24, 2.45) is 0 Å². The fourth-order valence-corrected chi connectivity index (χ4v) is 2.33. The van der Waals surface area contributed by atoms with Crippen LogP contribution in [0.4, 0.5) is 0 Å². The molecule has 0 atom stereocenters. The van der Waals surface area contributed by atoms with Gasteiger partial charge in [-0.15, -0.1) is 0 Å². The number of ketones is 1. The van der Waals surface area contributed by atoms with Gasteiger partial charge in [-0.1, -0.05) is 73.3 Å². The number of benzene rings is 3. The van der Waals surface area contributed by atoms with E-state index in [1.54, 1.807) is 30.4 Å². The molecular weight excluding hydrogens is 308 g/mol. The maximum atomic E-state index is 12.1. The van der Waals surface area contributed by atoms with Crippen molar-refractivity contribution in [3.8, 4) is 11.5 Å². The Balaban J connectivity index is 1.64. The average Bonchev–Trinajstić information content (AvgIpc) is 2.68. The smallest absolute Gasteiger partial charge is 0.185 e. The number of ether oxygens (including phenoxy) is 1. The fraction of sp³-hybridized carbons (Fsp3) is 0. The molecule has 0 spiro atoms. The molecule has 2 heteroatoms. The second kappa shape index (κ2) is 7.93. The molecule has 2 nitrogen and oxygen atoms in total. The highest BCUT2D eigenvalue weighted by Gasteiger charge is 2.00. The lowest BCUT2D eigenvalue weighted by Gasteiger charge is -2.06. The molecule has 3 aromatic rings. The van der Waals surface area contributed by atoms with Crippen molar-refractivity contribution in [1.29, 1.82) is 0 Å². The molecule has 0 heterocycles. The number of rotatable bonds is 6. The molecule has 0 aromatic heterocycles. The summed E-state index contributed by atoms with van der Waals surface area (Å²) < 4.78 is 5.80. The minimum atomic E-state index is -0.0109. The lowest BCUT2D eigenvalue weighted by Crippen LogP contribution is -1.92. The lowest BCUT2D eigenvalue weighted by molar-refractivity contribution is 0.104. The van der Waals surface area contributed by atoms with Crippen LogP contribution in [0.2, 0.25) is 0 Å². The van der Waals surface area contributed by atoms with Crippen molar-refractivity contribution < 1.29 is 9.53 Å². The Morgan fingerprint density at radius 1 is 0.760 bits per heavy atom. The zero-order valence-corrected chi connectivity index (χ0v) is 13.8. The highest BCUT2D eigenvalue weighted by atomic mass is 16.5. The van der Waals surface area contributed by atoms with Crippen molar-refractivity contribution in [2.75, 3.05) is 0 Å². The Morgan fingerprint density at radius 3 is 1.88 bits per heavy atom. The third-order valence-electron chi connectivity index (χ3n) is 3.72. The first-order valence-corrected chi connectivity index (χ1v) is 8.02. The number of carbonyl (C=O) groups excluding carboxylic acids is 1. The number of hydrogen-bond donors (Lipinski definition) is 0. The third-order valence-corrected chi connectivity index (χ3v) is 3.72. The molecule has 0 aliphatic carbocycles. The summed E-state index contributed by atoms with van der Waals surface area (Å²) >= 11 is 0. The molecule has 3 aromatic carbocycles. The van der Waals surface area contributed by atoms with Gasteiger partial charge in [0, 0.05) is 5.56 Å². The van der Waals surface area contributed by atoms with Crippen molar-refractivity contribution in [1.82, 2.24) is 0 Å². The van der Waals surface area contributed by atoms with Gasteiger partial charge in [-0.3, -0.25) is 4.79 Å². The number of carbonyl (C=O) groups is 1. The van der Waals surface area contributed by atoms with E-state index in [0.717, 1.165) is 22.6 Å². The van der Waals surface area contributed by atoms with Crippen LogP contribution >= 0.6 is 0 Å². The van der Waals surface area contributed by atoms with Crippen LogP contribution in [0.25, 0.3) is 12.2 Å². The van der Waals surface area contributed by atoms with Gasteiger partial charge < -0.3 is 4.74 Å². The second-order valence-electron chi connectivity index (χ2n) is 5.51. The van der Waals surface area contributed by atoms with Gasteiger partial charge in [-0.2, -0.15) is 0 Å². The summed E-state index contributed by atoms with van der Waals surface area (Å²) in [5.74, 6) is 1.51. The zero-order valence-electron chi connectivity index (χ0n) is 13.8. The molecule has 0 N–H and O–H groups in total. The predicted molar refractivity (Wildman–Crippen MR) is 103 cm³/mol. The van der Waals surface area contributed by atoms with Crippen LogP contribution in [0.5, 0.6) is 11.5 Å². The van der Waals surface area contributed by atoms with Crippen molar-refractivity contribution in [2.45, 2.75) is 0 Å². The van der Waals surface area contributed by atoms with Gasteiger partial charge in [0.1, 0.15) is 11.5 Å². The van der Waals surface area contributed by atoms with Gasteiger partial charge in [0.25, 0.3) is 0 Å².